The van der Waals surface area contributed by atoms with E-state index in [-0.39, 0.29) is 5.69 Å². The molecular weight excluding hydrogens is 204 g/mol. The second-order valence-corrected chi connectivity index (χ2v) is 2.45. The molecule has 0 spiro atoms. The van der Waals surface area contributed by atoms with Gasteiger partial charge in [0, 0.05) is 6.07 Å². The third-order valence-electron chi connectivity index (χ3n) is 1.58. The first-order valence-corrected chi connectivity index (χ1v) is 3.64. The maximum atomic E-state index is 10.5. The SMILES string of the molecule is N#CNc1ccc([N+](=O)[O-])cc1[N+](=O)[O-]. The molecule has 1 aromatic rings. The maximum absolute atomic E-state index is 10.5. The number of anilines is 1. The summed E-state index contributed by atoms with van der Waals surface area (Å²) in [4.78, 5) is 19.3. The Morgan fingerprint density at radius 1 is 1.27 bits per heavy atom. The molecule has 0 bridgehead atoms. The summed E-state index contributed by atoms with van der Waals surface area (Å²) in [6.45, 7) is 0. The number of nitro benzene ring substituents is 2. The van der Waals surface area contributed by atoms with Crippen LogP contribution in [0, 0.1) is 31.7 Å². The maximum Gasteiger partial charge on any atom is 0.300 e. The first-order chi connectivity index (χ1) is 7.06. The molecule has 0 aromatic heterocycles. The Morgan fingerprint density at radius 2 is 1.93 bits per heavy atom. The molecule has 8 heteroatoms. The largest absolute Gasteiger partial charge is 0.300 e. The summed E-state index contributed by atoms with van der Waals surface area (Å²) in [5, 5.41) is 31.2. The minimum atomic E-state index is -0.799. The normalized spacial score (nSPS) is 9.00. The van der Waals surface area contributed by atoms with Crippen molar-refractivity contribution >= 4 is 17.1 Å². The van der Waals surface area contributed by atoms with E-state index in [1.807, 2.05) is 0 Å². The van der Waals surface area contributed by atoms with Crippen molar-refractivity contribution in [3.05, 3.63) is 38.4 Å². The Morgan fingerprint density at radius 3 is 2.40 bits per heavy atom. The van der Waals surface area contributed by atoms with E-state index in [9.17, 15) is 20.2 Å². The molecular formula is C7H4N4O4. The fourth-order valence-corrected chi connectivity index (χ4v) is 0.951. The van der Waals surface area contributed by atoms with E-state index in [1.54, 1.807) is 0 Å². The predicted molar refractivity (Wildman–Crippen MR) is 49.0 cm³/mol. The highest BCUT2D eigenvalue weighted by Gasteiger charge is 2.18. The molecule has 0 aliphatic heterocycles. The first kappa shape index (κ1) is 10.4. The van der Waals surface area contributed by atoms with Crippen LogP contribution in [0.3, 0.4) is 0 Å². The van der Waals surface area contributed by atoms with Gasteiger partial charge in [-0.05, 0) is 6.07 Å². The van der Waals surface area contributed by atoms with Gasteiger partial charge in [0.05, 0.1) is 15.9 Å². The number of nitrogens with zero attached hydrogens (tertiary/aromatic N) is 3. The third-order valence-corrected chi connectivity index (χ3v) is 1.58. The summed E-state index contributed by atoms with van der Waals surface area (Å²) in [5.41, 5.74) is -0.982. The van der Waals surface area contributed by atoms with Gasteiger partial charge in [-0.15, -0.1) is 0 Å². The lowest BCUT2D eigenvalue weighted by Gasteiger charge is -1.98. The average molecular weight is 208 g/mol. The Hall–Kier alpha value is -2.69. The number of nitrogens with one attached hydrogen (secondary N) is 1. The fraction of sp³-hybridized carbons (Fsp3) is 0. The third kappa shape index (κ3) is 2.16. The number of non-ortho nitro benzene ring substituents is 1. The summed E-state index contributed by atoms with van der Waals surface area (Å²) in [6, 6.07) is 2.98. The van der Waals surface area contributed by atoms with Gasteiger partial charge in [0.2, 0.25) is 0 Å². The van der Waals surface area contributed by atoms with Crippen LogP contribution in [0.4, 0.5) is 17.1 Å². The molecule has 0 aliphatic rings. The van der Waals surface area contributed by atoms with Gasteiger partial charge < -0.3 is 0 Å². The molecule has 15 heavy (non-hydrogen) atoms. The minimum Gasteiger partial charge on any atom is -0.287 e. The highest BCUT2D eigenvalue weighted by molar-refractivity contribution is 5.66. The molecule has 8 nitrogen and oxygen atoms in total. The topological polar surface area (TPSA) is 122 Å². The van der Waals surface area contributed by atoms with Crippen molar-refractivity contribution in [3.8, 4) is 6.19 Å². The lowest BCUT2D eigenvalue weighted by molar-refractivity contribution is -0.393. The highest BCUT2D eigenvalue weighted by atomic mass is 16.6. The average Bonchev–Trinajstić information content (AvgIpc) is 2.18. The molecule has 0 atom stereocenters. The summed E-state index contributed by atoms with van der Waals surface area (Å²) in [7, 11) is 0. The number of benzene rings is 1. The summed E-state index contributed by atoms with van der Waals surface area (Å²) < 4.78 is 0. The van der Waals surface area contributed by atoms with Gasteiger partial charge in [-0.3, -0.25) is 25.5 Å². The molecule has 76 valence electrons. The van der Waals surface area contributed by atoms with Crippen LogP contribution < -0.4 is 5.32 Å². The van der Waals surface area contributed by atoms with E-state index in [2.05, 4.69) is 5.32 Å². The van der Waals surface area contributed by atoms with Crippen LogP contribution >= 0.6 is 0 Å². The molecule has 1 aromatic carbocycles. The van der Waals surface area contributed by atoms with Crippen LogP contribution in [0.1, 0.15) is 0 Å². The number of nitro groups is 2. The predicted octanol–water partition coefficient (Wildman–Crippen LogP) is 1.40. The van der Waals surface area contributed by atoms with Gasteiger partial charge in [-0.1, -0.05) is 0 Å². The molecule has 0 saturated carbocycles. The van der Waals surface area contributed by atoms with Crippen LogP contribution in [0.5, 0.6) is 0 Å². The fourth-order valence-electron chi connectivity index (χ4n) is 0.951. The molecule has 0 radical (unpaired) electrons. The van der Waals surface area contributed by atoms with Crippen LogP contribution in [0.2, 0.25) is 0 Å². The smallest absolute Gasteiger partial charge is 0.287 e. The number of rotatable bonds is 3. The van der Waals surface area contributed by atoms with E-state index < -0.39 is 21.2 Å². The van der Waals surface area contributed by atoms with E-state index in [0.29, 0.717) is 0 Å². The first-order valence-electron chi connectivity index (χ1n) is 3.64. The number of nitriles is 1. The van der Waals surface area contributed by atoms with Crippen molar-refractivity contribution < 1.29 is 9.85 Å². The lowest BCUT2D eigenvalue weighted by Crippen LogP contribution is -1.97. The van der Waals surface area contributed by atoms with Crippen LogP contribution in [-0.2, 0) is 0 Å². The van der Waals surface area contributed by atoms with Crippen molar-refractivity contribution in [1.82, 2.24) is 0 Å². The Labute approximate surface area is 83.0 Å². The molecule has 1 N–H and O–H groups in total. The minimum absolute atomic E-state index is 0.0758. The van der Waals surface area contributed by atoms with Crippen molar-refractivity contribution in [2.24, 2.45) is 0 Å². The van der Waals surface area contributed by atoms with Crippen LogP contribution in [0.15, 0.2) is 18.2 Å². The zero-order valence-corrected chi connectivity index (χ0v) is 7.21. The highest BCUT2D eigenvalue weighted by Crippen LogP contribution is 2.28. The van der Waals surface area contributed by atoms with Gasteiger partial charge in [0.15, 0.2) is 6.19 Å². The lowest BCUT2D eigenvalue weighted by atomic mass is 10.2. The van der Waals surface area contributed by atoms with E-state index in [0.717, 1.165) is 18.2 Å². The summed E-state index contributed by atoms with van der Waals surface area (Å²) in [5.74, 6) is 0. The standard InChI is InChI=1S/C7H4N4O4/c8-4-9-6-2-1-5(10(12)13)3-7(6)11(14)15/h1-3,9H. The number of hydrogen-bond donors (Lipinski definition) is 1. The molecule has 1 rings (SSSR count). The Bertz CT molecular complexity index is 465. The van der Waals surface area contributed by atoms with Crippen LogP contribution in [-0.4, -0.2) is 9.85 Å². The van der Waals surface area contributed by atoms with Gasteiger partial charge in [0.25, 0.3) is 11.4 Å². The zero-order valence-electron chi connectivity index (χ0n) is 7.21. The van der Waals surface area contributed by atoms with Gasteiger partial charge in [0.1, 0.15) is 5.69 Å². The molecule has 0 amide bonds. The van der Waals surface area contributed by atoms with Crippen molar-refractivity contribution in [3.63, 3.8) is 0 Å². The molecule has 0 heterocycles. The molecule has 0 fully saturated rings. The number of hydrogen-bond acceptors (Lipinski definition) is 6. The Balaban J connectivity index is 3.28. The second kappa shape index (κ2) is 4.01. The molecule has 0 saturated heterocycles. The van der Waals surface area contributed by atoms with Gasteiger partial charge in [-0.2, -0.15) is 5.26 Å². The van der Waals surface area contributed by atoms with Crippen molar-refractivity contribution in [2.75, 3.05) is 5.32 Å². The summed E-state index contributed by atoms with van der Waals surface area (Å²) >= 11 is 0. The molecule has 0 aliphatic carbocycles. The van der Waals surface area contributed by atoms with Gasteiger partial charge >= 0.3 is 0 Å². The molecule has 0 unspecified atom stereocenters. The van der Waals surface area contributed by atoms with Crippen molar-refractivity contribution in [1.29, 1.82) is 5.26 Å². The quantitative estimate of drug-likeness (QED) is 0.346. The van der Waals surface area contributed by atoms with Crippen molar-refractivity contribution in [2.45, 2.75) is 0 Å². The zero-order chi connectivity index (χ0) is 11.4. The second-order valence-electron chi connectivity index (χ2n) is 2.45. The Kier molecular flexibility index (Phi) is 2.78. The van der Waals surface area contributed by atoms with Gasteiger partial charge in [-0.25, -0.2) is 0 Å². The monoisotopic (exact) mass is 208 g/mol. The van der Waals surface area contributed by atoms with E-state index in [4.69, 9.17) is 5.26 Å². The van der Waals surface area contributed by atoms with Crippen LogP contribution in [0.25, 0.3) is 0 Å². The summed E-state index contributed by atoms with van der Waals surface area (Å²) in [6.07, 6.45) is 1.50. The van der Waals surface area contributed by atoms with E-state index >= 15 is 0 Å². The van der Waals surface area contributed by atoms with E-state index in [1.165, 1.54) is 6.19 Å².